The van der Waals surface area contributed by atoms with E-state index in [0.29, 0.717) is 5.56 Å². The van der Waals surface area contributed by atoms with Gasteiger partial charge in [-0.05, 0) is 51.6 Å². The number of hydrogen-bond donors (Lipinski definition) is 0. The number of aromatic nitrogens is 1. The van der Waals surface area contributed by atoms with Crippen molar-refractivity contribution in [1.82, 2.24) is 14.8 Å². The van der Waals surface area contributed by atoms with Gasteiger partial charge in [-0.15, -0.1) is 0 Å². The van der Waals surface area contributed by atoms with Gasteiger partial charge in [-0.1, -0.05) is 30.3 Å². The zero-order valence-electron chi connectivity index (χ0n) is 14.9. The number of carbonyl (C=O) groups excluding carboxylic acids is 1. The zero-order valence-corrected chi connectivity index (χ0v) is 14.9. The van der Waals surface area contributed by atoms with E-state index in [-0.39, 0.29) is 5.91 Å². The molecule has 0 fully saturated rings. The Labute approximate surface area is 145 Å². The molecule has 0 saturated heterocycles. The van der Waals surface area contributed by atoms with E-state index < -0.39 is 0 Å². The van der Waals surface area contributed by atoms with Crippen LogP contribution in [0.5, 0.6) is 0 Å². The lowest BCUT2D eigenvalue weighted by Gasteiger charge is -2.24. The number of amides is 1. The van der Waals surface area contributed by atoms with Crippen molar-refractivity contribution >= 4 is 5.91 Å². The van der Waals surface area contributed by atoms with Crippen molar-refractivity contribution in [3.05, 3.63) is 65.5 Å². The van der Waals surface area contributed by atoms with Crippen LogP contribution in [0.4, 0.5) is 0 Å². The Kier molecular flexibility index (Phi) is 6.94. The topological polar surface area (TPSA) is 36.4 Å². The third-order valence-corrected chi connectivity index (χ3v) is 4.00. The number of nitrogens with zero attached hydrogens (tertiary/aromatic N) is 3. The highest BCUT2D eigenvalue weighted by Crippen LogP contribution is 2.08. The lowest BCUT2D eigenvalue weighted by molar-refractivity contribution is 0.0742. The zero-order chi connectivity index (χ0) is 17.4. The lowest BCUT2D eigenvalue weighted by atomic mass is 10.1. The second-order valence-corrected chi connectivity index (χ2v) is 6.37. The summed E-state index contributed by atoms with van der Waals surface area (Å²) in [5.41, 5.74) is 2.91. The Balaban J connectivity index is 1.97. The fraction of sp³-hybridized carbons (Fsp3) is 0.400. The molecular weight excluding hydrogens is 298 g/mol. The summed E-state index contributed by atoms with van der Waals surface area (Å²) < 4.78 is 0. The minimum Gasteiger partial charge on any atom is -0.337 e. The molecule has 2 aromatic rings. The predicted octanol–water partition coefficient (Wildman–Crippen LogP) is 3.03. The standard InChI is InChI=1S/C20H27N3O/c1-17-11-12-19(16-21-17)20(24)23(15-14-22(2)3)13-7-10-18-8-5-4-6-9-18/h4-6,8-9,11-12,16H,7,10,13-15H2,1-3H3. The van der Waals surface area contributed by atoms with Gasteiger partial charge in [0.15, 0.2) is 0 Å². The van der Waals surface area contributed by atoms with Gasteiger partial charge >= 0.3 is 0 Å². The van der Waals surface area contributed by atoms with Crippen molar-refractivity contribution in [1.29, 1.82) is 0 Å². The highest BCUT2D eigenvalue weighted by atomic mass is 16.2. The highest BCUT2D eigenvalue weighted by molar-refractivity contribution is 5.93. The molecule has 0 atom stereocenters. The maximum absolute atomic E-state index is 12.8. The predicted molar refractivity (Wildman–Crippen MR) is 98.2 cm³/mol. The fourth-order valence-corrected chi connectivity index (χ4v) is 2.53. The maximum atomic E-state index is 12.8. The third-order valence-electron chi connectivity index (χ3n) is 4.00. The molecule has 24 heavy (non-hydrogen) atoms. The molecule has 2 rings (SSSR count). The Bertz CT molecular complexity index is 623. The normalized spacial score (nSPS) is 10.8. The Hall–Kier alpha value is -2.20. The Morgan fingerprint density at radius 2 is 1.75 bits per heavy atom. The van der Waals surface area contributed by atoms with Crippen LogP contribution in [0.25, 0.3) is 0 Å². The molecule has 1 aromatic heterocycles. The summed E-state index contributed by atoms with van der Waals surface area (Å²) in [6, 6.07) is 14.2. The number of rotatable bonds is 8. The van der Waals surface area contributed by atoms with E-state index >= 15 is 0 Å². The molecule has 0 aliphatic carbocycles. The second kappa shape index (κ2) is 9.18. The van der Waals surface area contributed by atoms with Gasteiger partial charge < -0.3 is 9.80 Å². The van der Waals surface area contributed by atoms with Crippen molar-refractivity contribution in [2.75, 3.05) is 33.7 Å². The first-order valence-electron chi connectivity index (χ1n) is 8.47. The third kappa shape index (κ3) is 5.78. The van der Waals surface area contributed by atoms with E-state index in [2.05, 4.69) is 34.1 Å². The first kappa shape index (κ1) is 18.1. The van der Waals surface area contributed by atoms with Crippen LogP contribution in [0.2, 0.25) is 0 Å². The molecule has 128 valence electrons. The minimum atomic E-state index is 0.0670. The first-order chi connectivity index (χ1) is 11.6. The van der Waals surface area contributed by atoms with E-state index in [1.807, 2.05) is 44.1 Å². The van der Waals surface area contributed by atoms with Gasteiger partial charge in [0.05, 0.1) is 5.56 Å². The quantitative estimate of drug-likeness (QED) is 0.748. The van der Waals surface area contributed by atoms with Crippen LogP contribution < -0.4 is 0 Å². The molecule has 0 bridgehead atoms. The molecule has 4 heteroatoms. The van der Waals surface area contributed by atoms with Gasteiger partial charge in [-0.25, -0.2) is 0 Å². The molecule has 0 spiro atoms. The van der Waals surface area contributed by atoms with Crippen molar-refractivity contribution in [3.63, 3.8) is 0 Å². The summed E-state index contributed by atoms with van der Waals surface area (Å²) >= 11 is 0. The van der Waals surface area contributed by atoms with Crippen LogP contribution in [0.15, 0.2) is 48.7 Å². The summed E-state index contributed by atoms with van der Waals surface area (Å²) in [6.07, 6.45) is 3.62. The van der Waals surface area contributed by atoms with Crippen molar-refractivity contribution in [2.45, 2.75) is 19.8 Å². The van der Waals surface area contributed by atoms with E-state index in [1.165, 1.54) is 5.56 Å². The van der Waals surface area contributed by atoms with Gasteiger partial charge in [0.1, 0.15) is 0 Å². The molecule has 1 heterocycles. The monoisotopic (exact) mass is 325 g/mol. The SMILES string of the molecule is Cc1ccc(C(=O)N(CCCc2ccccc2)CCN(C)C)cn1. The molecule has 0 saturated carbocycles. The Morgan fingerprint density at radius 3 is 2.38 bits per heavy atom. The maximum Gasteiger partial charge on any atom is 0.255 e. The summed E-state index contributed by atoms with van der Waals surface area (Å²) in [4.78, 5) is 21.1. The largest absolute Gasteiger partial charge is 0.337 e. The molecule has 0 aliphatic rings. The van der Waals surface area contributed by atoms with Crippen LogP contribution in [0.1, 0.15) is 28.0 Å². The number of carbonyl (C=O) groups is 1. The van der Waals surface area contributed by atoms with Crippen LogP contribution >= 0.6 is 0 Å². The number of hydrogen-bond acceptors (Lipinski definition) is 3. The summed E-state index contributed by atoms with van der Waals surface area (Å²) in [6.45, 7) is 4.28. The smallest absolute Gasteiger partial charge is 0.255 e. The van der Waals surface area contributed by atoms with Crippen molar-refractivity contribution < 1.29 is 4.79 Å². The fourth-order valence-electron chi connectivity index (χ4n) is 2.53. The van der Waals surface area contributed by atoms with E-state index in [0.717, 1.165) is 38.2 Å². The molecule has 1 aromatic carbocycles. The van der Waals surface area contributed by atoms with Crippen LogP contribution in [0, 0.1) is 6.92 Å². The number of pyridine rings is 1. The average Bonchev–Trinajstić information content (AvgIpc) is 2.58. The van der Waals surface area contributed by atoms with E-state index in [4.69, 9.17) is 0 Å². The Morgan fingerprint density at radius 1 is 1.00 bits per heavy atom. The molecule has 4 nitrogen and oxygen atoms in total. The van der Waals surface area contributed by atoms with E-state index in [9.17, 15) is 4.79 Å². The number of aryl methyl sites for hydroxylation is 2. The van der Waals surface area contributed by atoms with Crippen molar-refractivity contribution in [2.24, 2.45) is 0 Å². The molecule has 0 unspecified atom stereocenters. The molecular formula is C20H27N3O. The van der Waals surface area contributed by atoms with Crippen LogP contribution in [-0.4, -0.2) is 54.4 Å². The lowest BCUT2D eigenvalue weighted by Crippen LogP contribution is -2.37. The summed E-state index contributed by atoms with van der Waals surface area (Å²) in [7, 11) is 4.06. The van der Waals surface area contributed by atoms with Gasteiger partial charge in [-0.2, -0.15) is 0 Å². The van der Waals surface area contributed by atoms with Crippen LogP contribution in [-0.2, 0) is 6.42 Å². The molecule has 0 N–H and O–H groups in total. The minimum absolute atomic E-state index is 0.0670. The molecule has 0 aliphatic heterocycles. The van der Waals surface area contributed by atoms with Gasteiger partial charge in [-0.3, -0.25) is 9.78 Å². The molecule has 0 radical (unpaired) electrons. The van der Waals surface area contributed by atoms with Gasteiger partial charge in [0.2, 0.25) is 0 Å². The second-order valence-electron chi connectivity index (χ2n) is 6.37. The van der Waals surface area contributed by atoms with E-state index in [1.54, 1.807) is 6.20 Å². The number of benzene rings is 1. The van der Waals surface area contributed by atoms with Crippen molar-refractivity contribution in [3.8, 4) is 0 Å². The summed E-state index contributed by atoms with van der Waals surface area (Å²) in [5.74, 6) is 0.0670. The molecule has 1 amide bonds. The van der Waals surface area contributed by atoms with Gasteiger partial charge in [0, 0.05) is 31.5 Å². The first-order valence-corrected chi connectivity index (χ1v) is 8.47. The van der Waals surface area contributed by atoms with Crippen LogP contribution in [0.3, 0.4) is 0 Å². The summed E-state index contributed by atoms with van der Waals surface area (Å²) in [5, 5.41) is 0. The number of likely N-dealkylation sites (N-methyl/N-ethyl adjacent to an activating group) is 1. The average molecular weight is 325 g/mol. The highest BCUT2D eigenvalue weighted by Gasteiger charge is 2.16. The van der Waals surface area contributed by atoms with Gasteiger partial charge in [0.25, 0.3) is 5.91 Å².